The second-order valence-electron chi connectivity index (χ2n) is 3.98. The van der Waals surface area contributed by atoms with Gasteiger partial charge in [0.15, 0.2) is 0 Å². The number of amides is 1. The fourth-order valence-corrected chi connectivity index (χ4v) is 2.13. The Balaban J connectivity index is 2.24. The van der Waals surface area contributed by atoms with Crippen molar-refractivity contribution >= 4 is 28.8 Å². The predicted octanol–water partition coefficient (Wildman–Crippen LogP) is 1.77. The topological polar surface area (TPSA) is 70.6 Å². The number of anilines is 1. The Morgan fingerprint density at radius 1 is 1.47 bits per heavy atom. The van der Waals surface area contributed by atoms with Crippen LogP contribution in [0.2, 0.25) is 0 Å². The van der Waals surface area contributed by atoms with Gasteiger partial charge in [-0.2, -0.15) is 0 Å². The minimum atomic E-state index is -0.365. The van der Waals surface area contributed by atoms with E-state index in [-0.39, 0.29) is 22.2 Å². The third-order valence-corrected chi connectivity index (χ3v) is 3.05. The molecule has 0 aromatic heterocycles. The molecule has 0 unspecified atom stereocenters. The van der Waals surface area contributed by atoms with E-state index in [0.717, 1.165) is 0 Å². The van der Waals surface area contributed by atoms with Crippen molar-refractivity contribution < 1.29 is 14.6 Å². The highest BCUT2D eigenvalue weighted by atomic mass is 32.1. The summed E-state index contributed by atoms with van der Waals surface area (Å²) in [5.74, 6) is 0.258. The first-order valence-electron chi connectivity index (χ1n) is 5.78. The van der Waals surface area contributed by atoms with Gasteiger partial charge in [0.25, 0.3) is 5.91 Å². The van der Waals surface area contributed by atoms with Crippen molar-refractivity contribution in [2.75, 3.05) is 19.0 Å². The summed E-state index contributed by atoms with van der Waals surface area (Å²) < 4.78 is 5.19. The summed E-state index contributed by atoms with van der Waals surface area (Å²) in [6, 6.07) is 7.21. The molecule has 0 spiro atoms. The van der Waals surface area contributed by atoms with Crippen LogP contribution in [0.25, 0.3) is 0 Å². The molecule has 1 aliphatic heterocycles. The Morgan fingerprint density at radius 2 is 2.21 bits per heavy atom. The van der Waals surface area contributed by atoms with E-state index in [9.17, 15) is 9.90 Å². The first kappa shape index (κ1) is 13.4. The zero-order chi connectivity index (χ0) is 13.8. The number of ether oxygens (including phenoxy) is 1. The van der Waals surface area contributed by atoms with E-state index in [1.54, 1.807) is 19.2 Å². The molecule has 0 aliphatic carbocycles. The number of hydrogen-bond acceptors (Lipinski definition) is 4. The van der Waals surface area contributed by atoms with E-state index in [1.807, 2.05) is 12.1 Å². The maximum atomic E-state index is 11.7. The fraction of sp³-hybridized carbons (Fsp3) is 0.231. The Hall–Kier alpha value is -2.08. The molecule has 2 rings (SSSR count). The minimum Gasteiger partial charge on any atom is -0.511 e. The Bertz CT molecular complexity index is 555. The van der Waals surface area contributed by atoms with Crippen LogP contribution in [-0.2, 0) is 4.79 Å². The molecule has 19 heavy (non-hydrogen) atoms. The van der Waals surface area contributed by atoms with E-state index in [1.165, 1.54) is 0 Å². The standard InChI is InChI=1S/C13H14N2O3S/c1-18-10-5-3-2-4-8(10)15-13(19)11-9(16)6-7-14-12(11)17/h2-5,16H,6-7H2,1H3,(H,14,17)(H,15,19). The molecule has 1 aromatic carbocycles. The monoisotopic (exact) mass is 278 g/mol. The van der Waals surface area contributed by atoms with Crippen LogP contribution < -0.4 is 15.4 Å². The number of benzene rings is 1. The lowest BCUT2D eigenvalue weighted by molar-refractivity contribution is -0.117. The summed E-state index contributed by atoms with van der Waals surface area (Å²) in [7, 11) is 1.55. The highest BCUT2D eigenvalue weighted by Gasteiger charge is 2.24. The highest BCUT2D eigenvalue weighted by Crippen LogP contribution is 2.24. The molecule has 6 heteroatoms. The Labute approximate surface area is 116 Å². The van der Waals surface area contributed by atoms with Gasteiger partial charge in [-0.25, -0.2) is 0 Å². The van der Waals surface area contributed by atoms with Crippen molar-refractivity contribution in [2.45, 2.75) is 6.42 Å². The van der Waals surface area contributed by atoms with Crippen molar-refractivity contribution in [3.05, 3.63) is 35.6 Å². The number of para-hydroxylation sites is 2. The van der Waals surface area contributed by atoms with Crippen LogP contribution in [0.15, 0.2) is 35.6 Å². The van der Waals surface area contributed by atoms with Gasteiger partial charge in [-0.3, -0.25) is 4.79 Å². The highest BCUT2D eigenvalue weighted by molar-refractivity contribution is 7.81. The van der Waals surface area contributed by atoms with Crippen molar-refractivity contribution in [3.63, 3.8) is 0 Å². The van der Waals surface area contributed by atoms with Crippen LogP contribution >= 0.6 is 12.2 Å². The normalized spacial score (nSPS) is 14.9. The molecule has 100 valence electrons. The maximum absolute atomic E-state index is 11.7. The van der Waals surface area contributed by atoms with Crippen molar-refractivity contribution in [3.8, 4) is 5.75 Å². The third-order valence-electron chi connectivity index (χ3n) is 2.75. The fourth-order valence-electron chi connectivity index (χ4n) is 1.81. The molecule has 0 saturated carbocycles. The number of carbonyl (C=O) groups is 1. The summed E-state index contributed by atoms with van der Waals surface area (Å²) in [6.45, 7) is 0.422. The second kappa shape index (κ2) is 5.71. The number of aliphatic hydroxyl groups excluding tert-OH is 1. The number of nitrogens with one attached hydrogen (secondary N) is 2. The third kappa shape index (κ3) is 2.85. The Morgan fingerprint density at radius 3 is 2.89 bits per heavy atom. The zero-order valence-electron chi connectivity index (χ0n) is 10.4. The SMILES string of the molecule is COc1ccccc1NC(=S)C1=C(O)CCNC1=O. The first-order chi connectivity index (χ1) is 9.13. The van der Waals surface area contributed by atoms with E-state index in [4.69, 9.17) is 17.0 Å². The maximum Gasteiger partial charge on any atom is 0.257 e. The molecular weight excluding hydrogens is 264 g/mol. The van der Waals surface area contributed by atoms with E-state index < -0.39 is 0 Å². The molecule has 0 atom stereocenters. The van der Waals surface area contributed by atoms with Crippen LogP contribution in [0.5, 0.6) is 5.75 Å². The molecular formula is C13H14N2O3S. The minimum absolute atomic E-state index is 0.0103. The van der Waals surface area contributed by atoms with Gasteiger partial charge in [0, 0.05) is 13.0 Å². The van der Waals surface area contributed by atoms with Gasteiger partial charge in [0.05, 0.1) is 12.8 Å². The number of rotatable bonds is 3. The van der Waals surface area contributed by atoms with Crippen LogP contribution in [0.3, 0.4) is 0 Å². The number of methoxy groups -OCH3 is 1. The van der Waals surface area contributed by atoms with Crippen LogP contribution in [0, 0.1) is 0 Å². The van der Waals surface area contributed by atoms with Gasteiger partial charge in [0.2, 0.25) is 0 Å². The second-order valence-corrected chi connectivity index (χ2v) is 4.39. The molecule has 0 bridgehead atoms. The molecule has 5 nitrogen and oxygen atoms in total. The molecule has 1 heterocycles. The van der Waals surface area contributed by atoms with Gasteiger partial charge in [-0.1, -0.05) is 24.4 Å². The van der Waals surface area contributed by atoms with E-state index in [2.05, 4.69) is 10.6 Å². The molecule has 1 amide bonds. The summed E-state index contributed by atoms with van der Waals surface area (Å²) in [5, 5.41) is 15.3. The molecule has 3 N–H and O–H groups in total. The molecule has 1 aliphatic rings. The predicted molar refractivity (Wildman–Crippen MR) is 76.5 cm³/mol. The summed E-state index contributed by atoms with van der Waals surface area (Å²) in [4.78, 5) is 11.9. The quantitative estimate of drug-likeness (QED) is 0.735. The number of aliphatic hydroxyl groups is 1. The summed E-state index contributed by atoms with van der Waals surface area (Å²) in [5.41, 5.74) is 0.765. The zero-order valence-corrected chi connectivity index (χ0v) is 11.2. The first-order valence-corrected chi connectivity index (χ1v) is 6.19. The molecule has 0 saturated heterocycles. The van der Waals surface area contributed by atoms with Crippen LogP contribution in [0.1, 0.15) is 6.42 Å². The van der Waals surface area contributed by atoms with Crippen LogP contribution in [0.4, 0.5) is 5.69 Å². The molecule has 0 radical (unpaired) electrons. The lowest BCUT2D eigenvalue weighted by Crippen LogP contribution is -2.36. The van der Waals surface area contributed by atoms with Gasteiger partial charge in [-0.05, 0) is 12.1 Å². The van der Waals surface area contributed by atoms with Gasteiger partial charge in [0.1, 0.15) is 22.1 Å². The van der Waals surface area contributed by atoms with Gasteiger partial charge in [-0.15, -0.1) is 0 Å². The van der Waals surface area contributed by atoms with Gasteiger partial charge < -0.3 is 20.5 Å². The van der Waals surface area contributed by atoms with Crippen molar-refractivity contribution in [1.82, 2.24) is 5.32 Å². The summed E-state index contributed by atoms with van der Waals surface area (Å²) >= 11 is 5.17. The van der Waals surface area contributed by atoms with E-state index in [0.29, 0.717) is 24.4 Å². The van der Waals surface area contributed by atoms with Crippen molar-refractivity contribution in [1.29, 1.82) is 0 Å². The van der Waals surface area contributed by atoms with Gasteiger partial charge >= 0.3 is 0 Å². The largest absolute Gasteiger partial charge is 0.511 e. The van der Waals surface area contributed by atoms with Crippen LogP contribution in [-0.4, -0.2) is 29.7 Å². The average Bonchev–Trinajstić information content (AvgIpc) is 2.39. The van der Waals surface area contributed by atoms with Crippen molar-refractivity contribution in [2.24, 2.45) is 0 Å². The number of hydrogen-bond donors (Lipinski definition) is 3. The number of thiocarbonyl (C=S) groups is 1. The lowest BCUT2D eigenvalue weighted by atomic mass is 10.1. The molecule has 0 fully saturated rings. The lowest BCUT2D eigenvalue weighted by Gasteiger charge is -2.19. The summed E-state index contributed by atoms with van der Waals surface area (Å²) in [6.07, 6.45) is 0.384. The average molecular weight is 278 g/mol. The Kier molecular flexibility index (Phi) is 4.01. The van der Waals surface area contributed by atoms with E-state index >= 15 is 0 Å². The number of carbonyl (C=O) groups excluding carboxylic acids is 1. The molecule has 1 aromatic rings. The smallest absolute Gasteiger partial charge is 0.257 e.